The molecule has 10 heavy (non-hydrogen) atoms. The molecule has 62 valence electrons. The quantitative estimate of drug-likeness (QED) is 0.635. The lowest BCUT2D eigenvalue weighted by Gasteiger charge is -2.35. The number of methoxy groups -OCH3 is 1. The van der Waals surface area contributed by atoms with Crippen molar-refractivity contribution in [3.8, 4) is 0 Å². The molecule has 0 bridgehead atoms. The molecule has 1 nitrogen and oxygen atoms in total. The second-order valence-electron chi connectivity index (χ2n) is 3.88. The lowest BCUT2D eigenvalue weighted by molar-refractivity contribution is 0.127. The molecule has 0 N–H and O–H groups in total. The Morgan fingerprint density at radius 1 is 1.20 bits per heavy atom. The third-order valence-corrected chi connectivity index (χ3v) is 3.40. The summed E-state index contributed by atoms with van der Waals surface area (Å²) < 4.78 is 5.16. The van der Waals surface area contributed by atoms with Crippen molar-refractivity contribution in [1.82, 2.24) is 0 Å². The van der Waals surface area contributed by atoms with Crippen molar-refractivity contribution in [1.29, 1.82) is 0 Å². The van der Waals surface area contributed by atoms with Gasteiger partial charge < -0.3 is 4.74 Å². The number of alkyl halides is 1. The van der Waals surface area contributed by atoms with Crippen LogP contribution in [0.4, 0.5) is 0 Å². The molecule has 0 saturated heterocycles. The van der Waals surface area contributed by atoms with Gasteiger partial charge in [0.1, 0.15) is 0 Å². The van der Waals surface area contributed by atoms with E-state index < -0.39 is 0 Å². The fourth-order valence-corrected chi connectivity index (χ4v) is 0.716. The van der Waals surface area contributed by atoms with E-state index in [0.29, 0.717) is 0 Å². The molecule has 0 rings (SSSR count). The van der Waals surface area contributed by atoms with Gasteiger partial charge >= 0.3 is 0 Å². The van der Waals surface area contributed by atoms with E-state index in [1.54, 1.807) is 7.11 Å². The molecule has 0 fully saturated rings. The van der Waals surface area contributed by atoms with Gasteiger partial charge in [-0.05, 0) is 12.3 Å². The highest BCUT2D eigenvalue weighted by Gasteiger charge is 2.34. The summed E-state index contributed by atoms with van der Waals surface area (Å²) in [4.78, 5) is 0. The third-order valence-electron chi connectivity index (χ3n) is 1.98. The summed E-state index contributed by atoms with van der Waals surface area (Å²) in [7, 11) is 1.73. The van der Waals surface area contributed by atoms with Crippen LogP contribution in [0.3, 0.4) is 0 Å². The number of hydrogen-bond donors (Lipinski definition) is 0. The first-order valence-electron chi connectivity index (χ1n) is 3.49. The molecule has 0 aromatic carbocycles. The Labute approximate surface area is 72.3 Å². The average Bonchev–Trinajstić information content (AvgIpc) is 1.61. The fraction of sp³-hybridized carbons (Fsp3) is 1.00. The predicted molar refractivity (Wildman–Crippen MR) is 48.7 cm³/mol. The fourth-order valence-electron chi connectivity index (χ4n) is 0.488. The number of ether oxygens (including phenoxy) is 1. The van der Waals surface area contributed by atoms with E-state index in [-0.39, 0.29) is 9.74 Å². The van der Waals surface area contributed by atoms with Crippen molar-refractivity contribution in [2.75, 3.05) is 13.7 Å². The summed E-state index contributed by atoms with van der Waals surface area (Å²) in [5.41, 5.74) is 0.239. The van der Waals surface area contributed by atoms with Crippen molar-refractivity contribution in [2.24, 2.45) is 5.41 Å². The van der Waals surface area contributed by atoms with Crippen LogP contribution in [-0.4, -0.2) is 18.0 Å². The largest absolute Gasteiger partial charge is 0.383 e. The summed E-state index contributed by atoms with van der Waals surface area (Å²) in [6.07, 6.45) is 0. The van der Waals surface area contributed by atoms with Crippen LogP contribution in [0.1, 0.15) is 27.7 Å². The first kappa shape index (κ1) is 10.4. The zero-order chi connectivity index (χ0) is 8.41. The summed E-state index contributed by atoms with van der Waals surface area (Å²) in [6, 6.07) is 0. The Kier molecular flexibility index (Phi) is 3.37. The third kappa shape index (κ3) is 2.59. The van der Waals surface area contributed by atoms with Crippen LogP contribution in [0, 0.1) is 5.41 Å². The molecular weight excluding hydrogens is 192 g/mol. The minimum atomic E-state index is 0.0781. The van der Waals surface area contributed by atoms with E-state index in [2.05, 4.69) is 43.6 Å². The molecular formula is C8H17BrO. The van der Waals surface area contributed by atoms with Crippen molar-refractivity contribution < 1.29 is 4.74 Å². The smallest absolute Gasteiger partial charge is 0.0618 e. The Morgan fingerprint density at radius 3 is 1.70 bits per heavy atom. The van der Waals surface area contributed by atoms with Crippen LogP contribution in [0.5, 0.6) is 0 Å². The van der Waals surface area contributed by atoms with Crippen molar-refractivity contribution in [2.45, 2.75) is 32.0 Å². The van der Waals surface area contributed by atoms with Gasteiger partial charge in [0.25, 0.3) is 0 Å². The van der Waals surface area contributed by atoms with Gasteiger partial charge in [-0.3, -0.25) is 0 Å². The summed E-state index contributed by atoms with van der Waals surface area (Å²) in [6.45, 7) is 9.48. The Bertz CT molecular complexity index is 102. The molecule has 0 aliphatic heterocycles. The molecule has 0 amide bonds. The van der Waals surface area contributed by atoms with E-state index in [1.807, 2.05) is 0 Å². The second kappa shape index (κ2) is 3.22. The molecule has 0 aliphatic rings. The van der Waals surface area contributed by atoms with Gasteiger partial charge in [0.05, 0.1) is 10.9 Å². The van der Waals surface area contributed by atoms with Gasteiger partial charge in [-0.25, -0.2) is 0 Å². The average molecular weight is 209 g/mol. The topological polar surface area (TPSA) is 9.23 Å². The number of halogens is 1. The Hall–Kier alpha value is 0.440. The predicted octanol–water partition coefficient (Wildman–Crippen LogP) is 2.83. The van der Waals surface area contributed by atoms with Gasteiger partial charge in [-0.15, -0.1) is 0 Å². The molecule has 0 heterocycles. The molecule has 1 atom stereocenters. The molecule has 0 aromatic heterocycles. The molecule has 0 aliphatic carbocycles. The van der Waals surface area contributed by atoms with Crippen molar-refractivity contribution >= 4 is 15.9 Å². The SMILES string of the molecule is COCC(C)(Br)C(C)(C)C. The second-order valence-corrected chi connectivity index (χ2v) is 5.63. The zero-order valence-electron chi connectivity index (χ0n) is 7.49. The first-order chi connectivity index (χ1) is 4.31. The van der Waals surface area contributed by atoms with E-state index in [0.717, 1.165) is 6.61 Å². The summed E-state index contributed by atoms with van der Waals surface area (Å²) >= 11 is 3.64. The molecule has 1 unspecified atom stereocenters. The molecule has 0 radical (unpaired) electrons. The molecule has 0 aromatic rings. The monoisotopic (exact) mass is 208 g/mol. The van der Waals surface area contributed by atoms with Crippen molar-refractivity contribution in [3.05, 3.63) is 0 Å². The van der Waals surface area contributed by atoms with Crippen LogP contribution < -0.4 is 0 Å². The van der Waals surface area contributed by atoms with Crippen LogP contribution in [0.2, 0.25) is 0 Å². The van der Waals surface area contributed by atoms with Gasteiger partial charge in [0, 0.05) is 7.11 Å². The molecule has 0 saturated carbocycles. The number of hydrogen-bond acceptors (Lipinski definition) is 1. The van der Waals surface area contributed by atoms with E-state index in [1.165, 1.54) is 0 Å². The van der Waals surface area contributed by atoms with Gasteiger partial charge in [-0.2, -0.15) is 0 Å². The van der Waals surface area contributed by atoms with E-state index >= 15 is 0 Å². The molecule has 0 spiro atoms. The maximum Gasteiger partial charge on any atom is 0.0618 e. The van der Waals surface area contributed by atoms with E-state index in [9.17, 15) is 0 Å². The first-order valence-corrected chi connectivity index (χ1v) is 4.28. The molecule has 2 heteroatoms. The van der Waals surface area contributed by atoms with Gasteiger partial charge in [-0.1, -0.05) is 36.7 Å². The normalized spacial score (nSPS) is 18.6. The highest BCUT2D eigenvalue weighted by molar-refractivity contribution is 9.10. The van der Waals surface area contributed by atoms with Crippen LogP contribution in [0.15, 0.2) is 0 Å². The summed E-state index contributed by atoms with van der Waals surface area (Å²) in [5.74, 6) is 0. The number of rotatable bonds is 2. The summed E-state index contributed by atoms with van der Waals surface area (Å²) in [5, 5.41) is 0. The van der Waals surface area contributed by atoms with Gasteiger partial charge in [0.2, 0.25) is 0 Å². The Balaban J connectivity index is 4.10. The lowest BCUT2D eigenvalue weighted by Crippen LogP contribution is -2.37. The minimum Gasteiger partial charge on any atom is -0.383 e. The van der Waals surface area contributed by atoms with Crippen LogP contribution >= 0.6 is 15.9 Å². The highest BCUT2D eigenvalue weighted by Crippen LogP contribution is 2.37. The standard InChI is InChI=1S/C8H17BrO/c1-7(2,3)8(4,9)6-10-5/h6H2,1-5H3. The lowest BCUT2D eigenvalue weighted by atomic mass is 9.82. The van der Waals surface area contributed by atoms with Crippen LogP contribution in [-0.2, 0) is 4.74 Å². The zero-order valence-corrected chi connectivity index (χ0v) is 9.08. The minimum absolute atomic E-state index is 0.0781. The van der Waals surface area contributed by atoms with Crippen LogP contribution in [0.25, 0.3) is 0 Å². The highest BCUT2D eigenvalue weighted by atomic mass is 79.9. The van der Waals surface area contributed by atoms with Gasteiger partial charge in [0.15, 0.2) is 0 Å². The maximum atomic E-state index is 5.09. The Morgan fingerprint density at radius 2 is 1.60 bits per heavy atom. The van der Waals surface area contributed by atoms with E-state index in [4.69, 9.17) is 4.74 Å². The van der Waals surface area contributed by atoms with Crippen molar-refractivity contribution in [3.63, 3.8) is 0 Å². The maximum absolute atomic E-state index is 5.09.